The number of carbonyl (C=O) groups is 2. The average molecular weight is 357 g/mol. The number of anilines is 1. The highest BCUT2D eigenvalue weighted by molar-refractivity contribution is 6.01. The number of hydrogen-bond acceptors (Lipinski definition) is 6. The minimum atomic E-state index is -1.19. The number of aromatic nitrogens is 1. The summed E-state index contributed by atoms with van der Waals surface area (Å²) in [7, 11) is 0. The summed E-state index contributed by atoms with van der Waals surface area (Å²) in [6.07, 6.45) is 0. The summed E-state index contributed by atoms with van der Waals surface area (Å²) in [4.78, 5) is 39.5. The van der Waals surface area contributed by atoms with Gasteiger partial charge in [0.2, 0.25) is 0 Å². The molecule has 0 unspecified atom stereocenters. The van der Waals surface area contributed by atoms with E-state index >= 15 is 0 Å². The summed E-state index contributed by atoms with van der Waals surface area (Å²) in [6, 6.07) is 8.71. The first-order chi connectivity index (χ1) is 12.2. The topological polar surface area (TPSA) is 123 Å². The number of aromatic carboxylic acids is 1. The Kier molecular flexibility index (Phi) is 4.07. The number of hydrogen-bond donors (Lipinski definition) is 1. The zero-order valence-electron chi connectivity index (χ0n) is 14.0. The minimum Gasteiger partial charge on any atom is -0.478 e. The molecule has 0 saturated heterocycles. The molecule has 1 amide bonds. The van der Waals surface area contributed by atoms with E-state index in [1.54, 1.807) is 26.0 Å². The predicted molar refractivity (Wildman–Crippen MR) is 90.2 cm³/mol. The van der Waals surface area contributed by atoms with E-state index < -0.39 is 28.2 Å². The molecule has 1 N–H and O–H groups in total. The largest absolute Gasteiger partial charge is 0.478 e. The molecule has 134 valence electrons. The number of amides is 1. The fourth-order valence-electron chi connectivity index (χ4n) is 2.67. The van der Waals surface area contributed by atoms with Crippen molar-refractivity contribution in [3.8, 4) is 5.75 Å². The number of pyridine rings is 1. The van der Waals surface area contributed by atoms with Crippen LogP contribution in [0.1, 0.15) is 29.8 Å². The summed E-state index contributed by atoms with van der Waals surface area (Å²) in [6.45, 7) is 3.18. The van der Waals surface area contributed by atoms with Crippen LogP contribution in [0, 0.1) is 10.1 Å². The molecule has 2 heterocycles. The highest BCUT2D eigenvalue weighted by atomic mass is 16.6. The number of carboxylic acid groups (broad SMARTS) is 1. The Hall–Kier alpha value is -3.49. The molecule has 2 aromatic rings. The third-order valence-corrected chi connectivity index (χ3v) is 3.91. The average Bonchev–Trinajstić information content (AvgIpc) is 2.58. The van der Waals surface area contributed by atoms with Gasteiger partial charge in [0.25, 0.3) is 11.7 Å². The number of ether oxygens (including phenoxy) is 1. The van der Waals surface area contributed by atoms with Crippen LogP contribution in [0.4, 0.5) is 11.6 Å². The Morgan fingerprint density at radius 1 is 1.35 bits per heavy atom. The number of carbonyl (C=O) groups excluding carboxylic acids is 1. The second-order valence-electron chi connectivity index (χ2n) is 6.26. The van der Waals surface area contributed by atoms with Crippen LogP contribution < -0.4 is 9.64 Å². The molecule has 0 saturated carbocycles. The van der Waals surface area contributed by atoms with E-state index in [-0.39, 0.29) is 23.7 Å². The first-order valence-electron chi connectivity index (χ1n) is 7.68. The second-order valence-corrected chi connectivity index (χ2v) is 6.26. The van der Waals surface area contributed by atoms with Gasteiger partial charge in [0.05, 0.1) is 12.1 Å². The van der Waals surface area contributed by atoms with Crippen LogP contribution in [0.3, 0.4) is 0 Å². The highest BCUT2D eigenvalue weighted by Crippen LogP contribution is 2.38. The molecule has 1 aromatic heterocycles. The van der Waals surface area contributed by atoms with Crippen LogP contribution in [-0.4, -0.2) is 32.5 Å². The standard InChI is InChI=1S/C17H15N3O6/c1-17(2)16(23)19(9-10-4-3-5-11(8-10)15(21)22)14-12(26-17)6-7-13(18-14)20(24)25/h3-8H,9H2,1-2H3,(H,21,22). The van der Waals surface area contributed by atoms with E-state index in [9.17, 15) is 19.7 Å². The predicted octanol–water partition coefficient (Wildman–Crippen LogP) is 2.39. The number of nitro groups is 1. The number of carboxylic acids is 1. The minimum absolute atomic E-state index is 0.00785. The lowest BCUT2D eigenvalue weighted by molar-refractivity contribution is -0.389. The Morgan fingerprint density at radius 2 is 2.08 bits per heavy atom. The van der Waals surface area contributed by atoms with Crippen molar-refractivity contribution >= 4 is 23.5 Å². The van der Waals surface area contributed by atoms with Gasteiger partial charge in [0.15, 0.2) is 11.4 Å². The van der Waals surface area contributed by atoms with Gasteiger partial charge in [-0.05, 0) is 47.5 Å². The molecule has 0 spiro atoms. The van der Waals surface area contributed by atoms with E-state index in [0.717, 1.165) is 0 Å². The normalized spacial score (nSPS) is 15.2. The van der Waals surface area contributed by atoms with Crippen LogP contribution >= 0.6 is 0 Å². The molecule has 0 aliphatic carbocycles. The molecule has 9 nitrogen and oxygen atoms in total. The van der Waals surface area contributed by atoms with E-state index in [2.05, 4.69) is 4.98 Å². The van der Waals surface area contributed by atoms with Crippen LogP contribution in [0.5, 0.6) is 5.75 Å². The van der Waals surface area contributed by atoms with Gasteiger partial charge in [0, 0.05) is 6.07 Å². The van der Waals surface area contributed by atoms with E-state index in [1.807, 2.05) is 0 Å². The second kappa shape index (κ2) is 6.10. The summed E-state index contributed by atoms with van der Waals surface area (Å²) in [5, 5.41) is 20.1. The Balaban J connectivity index is 2.06. The Bertz CT molecular complexity index is 924. The van der Waals surface area contributed by atoms with Crippen LogP contribution in [0.25, 0.3) is 0 Å². The zero-order valence-corrected chi connectivity index (χ0v) is 14.0. The smallest absolute Gasteiger partial charge is 0.366 e. The fourth-order valence-corrected chi connectivity index (χ4v) is 2.67. The van der Waals surface area contributed by atoms with Crippen molar-refractivity contribution < 1.29 is 24.4 Å². The maximum atomic E-state index is 12.8. The third-order valence-electron chi connectivity index (χ3n) is 3.91. The molecule has 0 radical (unpaired) electrons. The number of nitrogens with zero attached hydrogens (tertiary/aromatic N) is 3. The summed E-state index contributed by atoms with van der Waals surface area (Å²) in [5.74, 6) is -1.66. The van der Waals surface area contributed by atoms with Crippen molar-refractivity contribution in [2.45, 2.75) is 26.0 Å². The molecular weight excluding hydrogens is 342 g/mol. The molecule has 3 rings (SSSR count). The van der Waals surface area contributed by atoms with E-state index in [4.69, 9.17) is 9.84 Å². The van der Waals surface area contributed by atoms with Gasteiger partial charge in [-0.25, -0.2) is 4.79 Å². The Labute approximate surface area is 148 Å². The maximum absolute atomic E-state index is 12.8. The zero-order chi connectivity index (χ0) is 19.1. The molecule has 0 atom stereocenters. The van der Waals surface area contributed by atoms with Crippen molar-refractivity contribution in [1.82, 2.24) is 4.98 Å². The first kappa shape index (κ1) is 17.3. The van der Waals surface area contributed by atoms with Gasteiger partial charge >= 0.3 is 11.8 Å². The van der Waals surface area contributed by atoms with Crippen molar-refractivity contribution in [3.63, 3.8) is 0 Å². The summed E-state index contributed by atoms with van der Waals surface area (Å²) in [5.41, 5.74) is -0.556. The van der Waals surface area contributed by atoms with Gasteiger partial charge in [-0.2, -0.15) is 0 Å². The molecule has 0 bridgehead atoms. The van der Waals surface area contributed by atoms with E-state index in [1.165, 1.54) is 29.2 Å². The van der Waals surface area contributed by atoms with Crippen molar-refractivity contribution in [2.75, 3.05) is 4.90 Å². The SMILES string of the molecule is CC1(C)Oc2ccc([N+](=O)[O-])nc2N(Cc2cccc(C(=O)O)c2)C1=O. The van der Waals surface area contributed by atoms with Crippen LogP contribution in [0.2, 0.25) is 0 Å². The number of benzene rings is 1. The van der Waals surface area contributed by atoms with Gasteiger partial charge in [0.1, 0.15) is 0 Å². The number of rotatable bonds is 4. The van der Waals surface area contributed by atoms with Gasteiger partial charge in [-0.15, -0.1) is 0 Å². The highest BCUT2D eigenvalue weighted by Gasteiger charge is 2.44. The van der Waals surface area contributed by atoms with E-state index in [0.29, 0.717) is 5.56 Å². The summed E-state index contributed by atoms with van der Waals surface area (Å²) >= 11 is 0. The Morgan fingerprint density at radius 3 is 2.73 bits per heavy atom. The lowest BCUT2D eigenvalue weighted by Gasteiger charge is -2.35. The lowest BCUT2D eigenvalue weighted by atomic mass is 10.0. The van der Waals surface area contributed by atoms with Crippen LogP contribution in [-0.2, 0) is 11.3 Å². The van der Waals surface area contributed by atoms with Gasteiger partial charge < -0.3 is 20.0 Å². The molecule has 1 aliphatic heterocycles. The quantitative estimate of drug-likeness (QED) is 0.658. The molecular formula is C17H15N3O6. The molecule has 1 aromatic carbocycles. The van der Waals surface area contributed by atoms with Gasteiger partial charge in [-0.1, -0.05) is 12.1 Å². The fraction of sp³-hybridized carbons (Fsp3) is 0.235. The van der Waals surface area contributed by atoms with Crippen molar-refractivity contribution in [2.24, 2.45) is 0 Å². The lowest BCUT2D eigenvalue weighted by Crippen LogP contribution is -2.52. The van der Waals surface area contributed by atoms with Crippen molar-refractivity contribution in [1.29, 1.82) is 0 Å². The van der Waals surface area contributed by atoms with Crippen LogP contribution in [0.15, 0.2) is 36.4 Å². The number of fused-ring (bicyclic) bond motifs is 1. The van der Waals surface area contributed by atoms with Gasteiger partial charge in [-0.3, -0.25) is 9.69 Å². The third kappa shape index (κ3) is 3.06. The molecule has 26 heavy (non-hydrogen) atoms. The monoisotopic (exact) mass is 357 g/mol. The molecule has 9 heteroatoms. The van der Waals surface area contributed by atoms with Crippen molar-refractivity contribution in [3.05, 3.63) is 57.6 Å². The molecule has 1 aliphatic rings. The maximum Gasteiger partial charge on any atom is 0.366 e. The first-order valence-corrected chi connectivity index (χ1v) is 7.68. The summed E-state index contributed by atoms with van der Waals surface area (Å²) < 4.78 is 5.63. The molecule has 0 fully saturated rings.